The van der Waals surface area contributed by atoms with E-state index in [1.54, 1.807) is 0 Å². The van der Waals surface area contributed by atoms with Crippen LogP contribution in [0.5, 0.6) is 5.75 Å². The molecule has 1 unspecified atom stereocenters. The van der Waals surface area contributed by atoms with Crippen molar-refractivity contribution < 1.29 is 19.1 Å². The van der Waals surface area contributed by atoms with Gasteiger partial charge in [-0.25, -0.2) is 4.79 Å². The Balaban J connectivity index is 1.97. The van der Waals surface area contributed by atoms with Gasteiger partial charge in [0.2, 0.25) is 0 Å². The smallest absolute Gasteiger partial charge is 0.333 e. The highest BCUT2D eigenvalue weighted by atomic mass is 16.5. The summed E-state index contributed by atoms with van der Waals surface area (Å²) in [5.74, 6) is -0.842. The number of rotatable bonds is 3. The summed E-state index contributed by atoms with van der Waals surface area (Å²) in [6.07, 6.45) is 0.181. The van der Waals surface area contributed by atoms with E-state index < -0.39 is 11.9 Å². The summed E-state index contributed by atoms with van der Waals surface area (Å²) < 4.78 is 10.3. The third-order valence-corrected chi connectivity index (χ3v) is 4.68. The molecule has 1 aliphatic heterocycles. The number of ether oxygens (including phenoxy) is 2. The van der Waals surface area contributed by atoms with Crippen LogP contribution >= 0.6 is 0 Å². The van der Waals surface area contributed by atoms with Crippen molar-refractivity contribution in [2.75, 3.05) is 7.11 Å². The Bertz CT molecular complexity index is 1050. The number of methoxy groups -OCH3 is 1. The number of hydrogen-bond donors (Lipinski definition) is 0. The molecule has 3 aromatic carbocycles. The third-order valence-electron chi connectivity index (χ3n) is 4.68. The highest BCUT2D eigenvalue weighted by Gasteiger charge is 2.37. The molecule has 0 saturated heterocycles. The van der Waals surface area contributed by atoms with Gasteiger partial charge in [-0.15, -0.1) is 0 Å². The molecule has 0 bridgehead atoms. The van der Waals surface area contributed by atoms with Crippen LogP contribution in [0.15, 0.2) is 60.7 Å². The van der Waals surface area contributed by atoms with Gasteiger partial charge in [-0.05, 0) is 22.6 Å². The van der Waals surface area contributed by atoms with E-state index in [-0.39, 0.29) is 18.0 Å². The van der Waals surface area contributed by atoms with E-state index in [9.17, 15) is 9.59 Å². The quantitative estimate of drug-likeness (QED) is 0.313. The lowest BCUT2D eigenvalue weighted by atomic mass is 9.87. The van der Waals surface area contributed by atoms with Gasteiger partial charge in [0.25, 0.3) is 0 Å². The van der Waals surface area contributed by atoms with E-state index in [1.165, 1.54) is 7.11 Å². The van der Waals surface area contributed by atoms with Crippen LogP contribution < -0.4 is 4.74 Å². The molecule has 0 aliphatic carbocycles. The molecule has 1 atom stereocenters. The largest absolute Gasteiger partial charge is 0.466 e. The molecule has 0 fully saturated rings. The summed E-state index contributed by atoms with van der Waals surface area (Å²) in [6.45, 7) is 3.76. The fourth-order valence-electron chi connectivity index (χ4n) is 3.54. The lowest BCUT2D eigenvalue weighted by Crippen LogP contribution is -2.14. The zero-order valence-corrected chi connectivity index (χ0v) is 13.7. The second kappa shape index (κ2) is 5.74. The molecule has 0 radical (unpaired) electrons. The van der Waals surface area contributed by atoms with Crippen molar-refractivity contribution >= 4 is 33.5 Å². The van der Waals surface area contributed by atoms with E-state index in [0.717, 1.165) is 27.1 Å². The number of hydrogen-bond acceptors (Lipinski definition) is 4. The minimum atomic E-state index is -0.559. The Kier molecular flexibility index (Phi) is 3.53. The SMILES string of the molecule is C=C(CC1C(=O)Oc2c1c1ccccc1c1ccccc21)C(=O)OC. The Morgan fingerprint density at radius 3 is 2.24 bits per heavy atom. The van der Waals surface area contributed by atoms with Gasteiger partial charge in [-0.3, -0.25) is 4.79 Å². The first-order valence-corrected chi connectivity index (χ1v) is 8.03. The van der Waals surface area contributed by atoms with Crippen molar-refractivity contribution in [2.24, 2.45) is 0 Å². The van der Waals surface area contributed by atoms with Crippen molar-refractivity contribution in [3.05, 3.63) is 66.2 Å². The molecule has 4 nitrogen and oxygen atoms in total. The predicted octanol–water partition coefficient (Wildman–Crippen LogP) is 4.11. The van der Waals surface area contributed by atoms with Crippen LogP contribution in [0, 0.1) is 0 Å². The van der Waals surface area contributed by atoms with Crippen molar-refractivity contribution in [1.29, 1.82) is 0 Å². The van der Waals surface area contributed by atoms with Gasteiger partial charge in [-0.2, -0.15) is 0 Å². The van der Waals surface area contributed by atoms with Crippen LogP contribution in [-0.4, -0.2) is 19.0 Å². The minimum Gasteiger partial charge on any atom is -0.466 e. The summed E-state index contributed by atoms with van der Waals surface area (Å²) in [5, 5.41) is 3.96. The molecular weight excluding hydrogens is 316 g/mol. The monoisotopic (exact) mass is 332 g/mol. The summed E-state index contributed by atoms with van der Waals surface area (Å²) in [4.78, 5) is 24.3. The fourth-order valence-corrected chi connectivity index (χ4v) is 3.54. The van der Waals surface area contributed by atoms with Crippen molar-refractivity contribution in [2.45, 2.75) is 12.3 Å². The summed E-state index contributed by atoms with van der Waals surface area (Å²) >= 11 is 0. The summed E-state index contributed by atoms with van der Waals surface area (Å²) in [7, 11) is 1.30. The predicted molar refractivity (Wildman–Crippen MR) is 95.6 cm³/mol. The molecular formula is C21H16O4. The van der Waals surface area contributed by atoms with E-state index in [2.05, 4.69) is 6.58 Å². The molecule has 0 aromatic heterocycles. The van der Waals surface area contributed by atoms with Gasteiger partial charge in [0.15, 0.2) is 0 Å². The maximum atomic E-state index is 12.5. The molecule has 1 heterocycles. The van der Waals surface area contributed by atoms with Gasteiger partial charge in [0.1, 0.15) is 5.75 Å². The standard InChI is InChI=1S/C21H16O4/c1-12(20(22)24-2)11-17-18-15-9-5-3-7-13(15)14-8-4-6-10-16(14)19(18)25-21(17)23/h3-10,17H,1,11H2,2H3. The normalized spacial score (nSPS) is 15.9. The lowest BCUT2D eigenvalue weighted by molar-refractivity contribution is -0.136. The Morgan fingerprint density at radius 2 is 1.60 bits per heavy atom. The molecule has 25 heavy (non-hydrogen) atoms. The van der Waals surface area contributed by atoms with Crippen LogP contribution in [-0.2, 0) is 14.3 Å². The molecule has 1 aliphatic rings. The molecule has 0 N–H and O–H groups in total. The van der Waals surface area contributed by atoms with Gasteiger partial charge < -0.3 is 9.47 Å². The zero-order valence-electron chi connectivity index (χ0n) is 13.7. The van der Waals surface area contributed by atoms with Gasteiger partial charge in [-0.1, -0.05) is 55.1 Å². The maximum Gasteiger partial charge on any atom is 0.333 e. The Hall–Kier alpha value is -3.14. The number of fused-ring (bicyclic) bond motifs is 6. The lowest BCUT2D eigenvalue weighted by Gasteiger charge is -2.13. The highest BCUT2D eigenvalue weighted by molar-refractivity contribution is 6.15. The first-order valence-electron chi connectivity index (χ1n) is 8.03. The Morgan fingerprint density at radius 1 is 1.04 bits per heavy atom. The first kappa shape index (κ1) is 15.4. The number of esters is 2. The van der Waals surface area contributed by atoms with E-state index in [0.29, 0.717) is 5.75 Å². The second-order valence-corrected chi connectivity index (χ2v) is 6.11. The van der Waals surface area contributed by atoms with Crippen LogP contribution in [0.25, 0.3) is 21.5 Å². The van der Waals surface area contributed by atoms with Crippen LogP contribution in [0.1, 0.15) is 17.9 Å². The Labute approximate surface area is 144 Å². The minimum absolute atomic E-state index is 0.181. The van der Waals surface area contributed by atoms with Gasteiger partial charge in [0.05, 0.1) is 13.0 Å². The average molecular weight is 332 g/mol. The van der Waals surface area contributed by atoms with Crippen molar-refractivity contribution in [3.63, 3.8) is 0 Å². The number of carbonyl (C=O) groups excluding carboxylic acids is 2. The van der Waals surface area contributed by atoms with Crippen LogP contribution in [0.4, 0.5) is 0 Å². The molecule has 4 heteroatoms. The van der Waals surface area contributed by atoms with Crippen LogP contribution in [0.2, 0.25) is 0 Å². The topological polar surface area (TPSA) is 52.6 Å². The van der Waals surface area contributed by atoms with Gasteiger partial charge in [0, 0.05) is 16.5 Å². The zero-order chi connectivity index (χ0) is 17.6. The van der Waals surface area contributed by atoms with Crippen LogP contribution in [0.3, 0.4) is 0 Å². The van der Waals surface area contributed by atoms with Crippen molar-refractivity contribution in [3.8, 4) is 5.75 Å². The third kappa shape index (κ3) is 2.30. The van der Waals surface area contributed by atoms with Crippen molar-refractivity contribution in [1.82, 2.24) is 0 Å². The summed E-state index contributed by atoms with van der Waals surface area (Å²) in [5.41, 5.74) is 1.08. The van der Waals surface area contributed by atoms with E-state index >= 15 is 0 Å². The highest BCUT2D eigenvalue weighted by Crippen LogP contribution is 2.47. The molecule has 0 saturated carbocycles. The maximum absolute atomic E-state index is 12.5. The second-order valence-electron chi connectivity index (χ2n) is 6.11. The number of carbonyl (C=O) groups is 2. The molecule has 4 rings (SSSR count). The van der Waals surface area contributed by atoms with E-state index in [1.807, 2.05) is 48.5 Å². The summed E-state index contributed by atoms with van der Waals surface area (Å²) in [6, 6.07) is 15.8. The first-order chi connectivity index (χ1) is 12.1. The fraction of sp³-hybridized carbons (Fsp3) is 0.143. The molecule has 124 valence electrons. The molecule has 3 aromatic rings. The molecule has 0 amide bonds. The average Bonchev–Trinajstić information content (AvgIpc) is 2.98. The van der Waals surface area contributed by atoms with Gasteiger partial charge >= 0.3 is 11.9 Å². The van der Waals surface area contributed by atoms with E-state index in [4.69, 9.17) is 9.47 Å². The molecule has 0 spiro atoms. The number of benzene rings is 3.